The molecule has 0 saturated heterocycles. The van der Waals surface area contributed by atoms with E-state index in [1.54, 1.807) is 0 Å². The molecule has 3 aromatic rings. The lowest BCUT2D eigenvalue weighted by atomic mass is 10.0. The van der Waals surface area contributed by atoms with E-state index in [0.717, 1.165) is 17.5 Å². The van der Waals surface area contributed by atoms with Crippen molar-refractivity contribution in [3.05, 3.63) is 71.0 Å². The van der Waals surface area contributed by atoms with Crippen LogP contribution in [0, 0.1) is 0 Å². The molecule has 1 amide bonds. The van der Waals surface area contributed by atoms with Crippen LogP contribution in [0.2, 0.25) is 5.02 Å². The van der Waals surface area contributed by atoms with Crippen LogP contribution in [0.4, 0.5) is 0 Å². The number of benzene rings is 2. The highest BCUT2D eigenvalue weighted by atomic mass is 35.5. The van der Waals surface area contributed by atoms with Gasteiger partial charge in [0.1, 0.15) is 5.69 Å². The summed E-state index contributed by atoms with van der Waals surface area (Å²) in [5.74, 6) is -0.231. The van der Waals surface area contributed by atoms with Gasteiger partial charge in [-0.1, -0.05) is 42.8 Å². The molecule has 0 saturated carbocycles. The molecule has 1 unspecified atom stereocenters. The predicted molar refractivity (Wildman–Crippen MR) is 91.5 cm³/mol. The molecule has 1 heterocycles. The number of carbonyl (C=O) groups excluding carboxylic acids is 1. The summed E-state index contributed by atoms with van der Waals surface area (Å²) in [5, 5.41) is 3.68. The van der Waals surface area contributed by atoms with Crippen molar-refractivity contribution < 1.29 is 4.79 Å². The molecular formula is C18H16ClN3O. The molecule has 1 N–H and O–H groups in total. The second kappa shape index (κ2) is 6.75. The topological polar surface area (TPSA) is 54.9 Å². The van der Waals surface area contributed by atoms with Gasteiger partial charge in [-0.3, -0.25) is 9.78 Å². The van der Waals surface area contributed by atoms with Crippen LogP contribution < -0.4 is 5.32 Å². The van der Waals surface area contributed by atoms with Gasteiger partial charge in [0, 0.05) is 5.02 Å². The van der Waals surface area contributed by atoms with Crippen LogP contribution in [0.15, 0.2) is 54.7 Å². The molecule has 1 aromatic heterocycles. The fourth-order valence-corrected chi connectivity index (χ4v) is 2.54. The summed E-state index contributed by atoms with van der Waals surface area (Å²) in [7, 11) is 0. The number of halogens is 1. The molecule has 0 fully saturated rings. The summed E-state index contributed by atoms with van der Waals surface area (Å²) >= 11 is 5.91. The summed E-state index contributed by atoms with van der Waals surface area (Å²) in [6.45, 7) is 2.02. The minimum atomic E-state index is -0.231. The molecule has 116 valence electrons. The number of hydrogen-bond acceptors (Lipinski definition) is 3. The predicted octanol–water partition coefficient (Wildman–Crippen LogP) is 4.16. The van der Waals surface area contributed by atoms with Gasteiger partial charge in [0.2, 0.25) is 0 Å². The molecule has 0 radical (unpaired) electrons. The maximum Gasteiger partial charge on any atom is 0.271 e. The van der Waals surface area contributed by atoms with Crippen LogP contribution in [0.25, 0.3) is 11.0 Å². The van der Waals surface area contributed by atoms with Gasteiger partial charge in [0.25, 0.3) is 5.91 Å². The first-order valence-corrected chi connectivity index (χ1v) is 7.83. The van der Waals surface area contributed by atoms with Crippen molar-refractivity contribution in [1.82, 2.24) is 15.3 Å². The van der Waals surface area contributed by atoms with Gasteiger partial charge in [-0.05, 0) is 36.2 Å². The highest BCUT2D eigenvalue weighted by molar-refractivity contribution is 6.30. The Morgan fingerprint density at radius 2 is 1.83 bits per heavy atom. The minimum Gasteiger partial charge on any atom is -0.344 e. The van der Waals surface area contributed by atoms with Crippen molar-refractivity contribution in [2.24, 2.45) is 0 Å². The Hall–Kier alpha value is -2.46. The van der Waals surface area contributed by atoms with Crippen LogP contribution in [0.3, 0.4) is 0 Å². The van der Waals surface area contributed by atoms with Crippen LogP contribution >= 0.6 is 11.6 Å². The molecule has 0 aliphatic heterocycles. The number of carbonyl (C=O) groups is 1. The number of rotatable bonds is 4. The quantitative estimate of drug-likeness (QED) is 0.783. The van der Waals surface area contributed by atoms with E-state index in [2.05, 4.69) is 15.3 Å². The third-order valence-electron chi connectivity index (χ3n) is 3.67. The standard InChI is InChI=1S/C18H16ClN3O/c1-2-14(12-7-9-13(19)10-8-12)22-18(23)17-11-20-15-5-3-4-6-16(15)21-17/h3-11,14H,2H2,1H3,(H,22,23). The molecule has 5 heteroatoms. The molecule has 1 atom stereocenters. The number of fused-ring (bicyclic) bond motifs is 1. The zero-order chi connectivity index (χ0) is 16.2. The van der Waals surface area contributed by atoms with E-state index in [-0.39, 0.29) is 11.9 Å². The second-order valence-corrected chi connectivity index (χ2v) is 5.67. The van der Waals surface area contributed by atoms with Crippen molar-refractivity contribution in [1.29, 1.82) is 0 Å². The summed E-state index contributed by atoms with van der Waals surface area (Å²) in [4.78, 5) is 21.1. The first-order chi connectivity index (χ1) is 11.2. The Kier molecular flexibility index (Phi) is 4.53. The summed E-state index contributed by atoms with van der Waals surface area (Å²) in [6, 6.07) is 14.9. The fraction of sp³-hybridized carbons (Fsp3) is 0.167. The number of nitrogens with zero attached hydrogens (tertiary/aromatic N) is 2. The van der Waals surface area contributed by atoms with Gasteiger partial charge in [0.05, 0.1) is 23.3 Å². The lowest BCUT2D eigenvalue weighted by Crippen LogP contribution is -2.29. The highest BCUT2D eigenvalue weighted by Crippen LogP contribution is 2.19. The SMILES string of the molecule is CCC(NC(=O)c1cnc2ccccc2n1)c1ccc(Cl)cc1. The number of nitrogens with one attached hydrogen (secondary N) is 1. The van der Waals surface area contributed by atoms with Crippen molar-refractivity contribution >= 4 is 28.5 Å². The molecule has 23 heavy (non-hydrogen) atoms. The average Bonchev–Trinajstić information content (AvgIpc) is 2.60. The van der Waals surface area contributed by atoms with Crippen LogP contribution in [0.5, 0.6) is 0 Å². The lowest BCUT2D eigenvalue weighted by Gasteiger charge is -2.17. The van der Waals surface area contributed by atoms with Gasteiger partial charge < -0.3 is 5.32 Å². The number of para-hydroxylation sites is 2. The van der Waals surface area contributed by atoms with E-state index < -0.39 is 0 Å². The highest BCUT2D eigenvalue weighted by Gasteiger charge is 2.15. The molecule has 3 rings (SSSR count). The van der Waals surface area contributed by atoms with E-state index in [1.165, 1.54) is 6.20 Å². The normalized spacial score (nSPS) is 12.1. The van der Waals surface area contributed by atoms with Gasteiger partial charge in [0.15, 0.2) is 0 Å². The minimum absolute atomic E-state index is 0.0898. The number of aromatic nitrogens is 2. The third kappa shape index (κ3) is 3.48. The molecule has 4 nitrogen and oxygen atoms in total. The summed E-state index contributed by atoms with van der Waals surface area (Å²) in [5.41, 5.74) is 2.81. The molecule has 2 aromatic carbocycles. The maximum atomic E-state index is 12.5. The summed E-state index contributed by atoms with van der Waals surface area (Å²) < 4.78 is 0. The van der Waals surface area contributed by atoms with Crippen molar-refractivity contribution in [3.63, 3.8) is 0 Å². The molecule has 0 aliphatic rings. The van der Waals surface area contributed by atoms with Crippen LogP contribution in [-0.2, 0) is 0 Å². The van der Waals surface area contributed by atoms with E-state index in [9.17, 15) is 4.79 Å². The first-order valence-electron chi connectivity index (χ1n) is 7.45. The Balaban J connectivity index is 1.82. The zero-order valence-corrected chi connectivity index (χ0v) is 13.4. The lowest BCUT2D eigenvalue weighted by molar-refractivity contribution is 0.0930. The smallest absolute Gasteiger partial charge is 0.271 e. The van der Waals surface area contributed by atoms with Gasteiger partial charge >= 0.3 is 0 Å². The van der Waals surface area contributed by atoms with E-state index >= 15 is 0 Å². The van der Waals surface area contributed by atoms with Crippen molar-refractivity contribution in [2.45, 2.75) is 19.4 Å². The zero-order valence-electron chi connectivity index (χ0n) is 12.7. The Bertz CT molecular complexity index is 833. The Labute approximate surface area is 139 Å². The molecule has 0 bridgehead atoms. The summed E-state index contributed by atoms with van der Waals surface area (Å²) in [6.07, 6.45) is 2.28. The van der Waals surface area contributed by atoms with Gasteiger partial charge in [-0.15, -0.1) is 0 Å². The maximum absolute atomic E-state index is 12.5. The molecular weight excluding hydrogens is 310 g/mol. The molecule has 0 spiro atoms. The second-order valence-electron chi connectivity index (χ2n) is 5.23. The Morgan fingerprint density at radius 1 is 1.13 bits per heavy atom. The molecule has 0 aliphatic carbocycles. The number of amides is 1. The van der Waals surface area contributed by atoms with E-state index in [4.69, 9.17) is 11.6 Å². The van der Waals surface area contributed by atoms with Crippen LogP contribution in [-0.4, -0.2) is 15.9 Å². The largest absolute Gasteiger partial charge is 0.344 e. The Morgan fingerprint density at radius 3 is 2.52 bits per heavy atom. The third-order valence-corrected chi connectivity index (χ3v) is 3.92. The van der Waals surface area contributed by atoms with Crippen molar-refractivity contribution in [3.8, 4) is 0 Å². The average molecular weight is 326 g/mol. The first kappa shape index (κ1) is 15.4. The van der Waals surface area contributed by atoms with E-state index in [1.807, 2.05) is 55.5 Å². The monoisotopic (exact) mass is 325 g/mol. The van der Waals surface area contributed by atoms with Gasteiger partial charge in [-0.25, -0.2) is 4.98 Å². The van der Waals surface area contributed by atoms with Crippen LogP contribution in [0.1, 0.15) is 35.4 Å². The van der Waals surface area contributed by atoms with Gasteiger partial charge in [-0.2, -0.15) is 0 Å². The van der Waals surface area contributed by atoms with E-state index in [0.29, 0.717) is 16.2 Å². The van der Waals surface area contributed by atoms with Crippen molar-refractivity contribution in [2.75, 3.05) is 0 Å². The number of hydrogen-bond donors (Lipinski definition) is 1. The fourth-order valence-electron chi connectivity index (χ4n) is 2.41.